The maximum atomic E-state index is 13.2. The summed E-state index contributed by atoms with van der Waals surface area (Å²) in [6.07, 6.45) is 53.2. The lowest BCUT2D eigenvalue weighted by Gasteiger charge is -2.40. The van der Waals surface area contributed by atoms with E-state index >= 15 is 0 Å². The fourth-order valence-corrected chi connectivity index (χ4v) is 9.30. The Morgan fingerprint density at radius 3 is 1.26 bits per heavy atom. The van der Waals surface area contributed by atoms with E-state index in [-0.39, 0.29) is 25.9 Å². The number of carboxylic acid groups (broad SMARTS) is 1. The number of hydrogen-bond acceptors (Lipinski definition) is 11. The lowest BCUT2D eigenvalue weighted by Crippen LogP contribution is -2.61. The molecule has 6 unspecified atom stereocenters. The Hall–Kier alpha value is -3.58. The molecule has 0 aromatic carbocycles. The van der Waals surface area contributed by atoms with Gasteiger partial charge in [-0.25, -0.2) is 4.79 Å². The zero-order valence-electron chi connectivity index (χ0n) is 49.0. The number of unbranched alkanes of at least 4 members (excludes halogenated alkanes) is 29. The predicted octanol–water partition coefficient (Wildman–Crippen LogP) is 16.3. The first kappa shape index (κ1) is 71.4. The third-order valence-corrected chi connectivity index (χ3v) is 14.1. The second kappa shape index (κ2) is 53.1. The molecule has 0 radical (unpaired) electrons. The van der Waals surface area contributed by atoms with E-state index in [2.05, 4.69) is 81.5 Å². The van der Waals surface area contributed by atoms with Crippen LogP contribution in [0.5, 0.6) is 0 Å². The Labute approximate surface area is 468 Å². The lowest BCUT2D eigenvalue weighted by atomic mass is 9.98. The van der Waals surface area contributed by atoms with E-state index in [1.54, 1.807) is 0 Å². The highest BCUT2D eigenvalue weighted by molar-refractivity contribution is 5.74. The van der Waals surface area contributed by atoms with Crippen molar-refractivity contribution in [3.63, 3.8) is 0 Å². The summed E-state index contributed by atoms with van der Waals surface area (Å²) in [5.41, 5.74) is 0. The summed E-state index contributed by atoms with van der Waals surface area (Å²) < 4.78 is 28.5. The Kier molecular flexibility index (Phi) is 49.2. The van der Waals surface area contributed by atoms with Crippen LogP contribution in [0.2, 0.25) is 0 Å². The number of carbonyl (C=O) groups is 4. The van der Waals surface area contributed by atoms with Crippen molar-refractivity contribution >= 4 is 23.9 Å². The maximum absolute atomic E-state index is 13.2. The summed E-state index contributed by atoms with van der Waals surface area (Å²) in [6.45, 7) is 5.87. The summed E-state index contributed by atoms with van der Waals surface area (Å²) in [4.78, 5) is 51.2. The molecule has 6 atom stereocenters. The second-order valence-corrected chi connectivity index (χ2v) is 21.3. The highest BCUT2D eigenvalue weighted by Crippen LogP contribution is 2.27. The average Bonchev–Trinajstić information content (AvgIpc) is 3.42. The first-order valence-corrected chi connectivity index (χ1v) is 31.3. The standard InChI is InChI=1S/C65H112O12/c1-4-7-10-13-16-19-22-25-27-28-29-30-32-34-36-39-42-45-48-51-57(66)73-54-56(75-58(67)52-49-46-43-40-38-35-31-26-23-20-17-14-11-8-5-2)55-74-65-63(61(70)60(69)62(77-65)64(71)72)76-59(68)53-50-47-44-41-37-33-24-21-18-15-12-9-6-3/h7,10,16,19,25-27,29-31,56,60-63,65,69-70H,4-6,8-9,11-15,17-18,20-24,28,32-55H2,1-3H3,(H,71,72)/b10-7-,19-16-,27-25-,30-29-,31-26-. The van der Waals surface area contributed by atoms with E-state index < -0.39 is 67.3 Å². The molecule has 1 aliphatic rings. The molecule has 0 bridgehead atoms. The van der Waals surface area contributed by atoms with Crippen LogP contribution in [-0.4, -0.2) is 89.2 Å². The molecule has 77 heavy (non-hydrogen) atoms. The van der Waals surface area contributed by atoms with Crippen molar-refractivity contribution in [1.82, 2.24) is 0 Å². The zero-order chi connectivity index (χ0) is 56.1. The van der Waals surface area contributed by atoms with Gasteiger partial charge in [0.2, 0.25) is 0 Å². The monoisotopic (exact) mass is 1080 g/mol. The van der Waals surface area contributed by atoms with Crippen molar-refractivity contribution in [3.05, 3.63) is 60.8 Å². The summed E-state index contributed by atoms with van der Waals surface area (Å²) in [5, 5.41) is 31.5. The predicted molar refractivity (Wildman–Crippen MR) is 312 cm³/mol. The summed E-state index contributed by atoms with van der Waals surface area (Å²) in [6, 6.07) is 0. The quantitative estimate of drug-likeness (QED) is 0.0228. The normalized spacial score (nSPS) is 18.4. The molecule has 1 saturated heterocycles. The highest BCUT2D eigenvalue weighted by atomic mass is 16.7. The van der Waals surface area contributed by atoms with E-state index in [0.717, 1.165) is 128 Å². The van der Waals surface area contributed by atoms with Gasteiger partial charge in [0.25, 0.3) is 0 Å². The van der Waals surface area contributed by atoms with E-state index in [1.807, 2.05) is 0 Å². The molecule has 12 heteroatoms. The Bertz CT molecular complexity index is 1570. The van der Waals surface area contributed by atoms with Crippen LogP contribution in [-0.2, 0) is 42.9 Å². The Balaban J connectivity index is 2.68. The smallest absolute Gasteiger partial charge is 0.335 e. The van der Waals surface area contributed by atoms with Gasteiger partial charge < -0.3 is 39.0 Å². The van der Waals surface area contributed by atoms with Gasteiger partial charge in [-0.1, -0.05) is 236 Å². The second-order valence-electron chi connectivity index (χ2n) is 21.3. The Morgan fingerprint density at radius 1 is 0.442 bits per heavy atom. The van der Waals surface area contributed by atoms with Crippen LogP contribution < -0.4 is 0 Å². The molecular weight excluding hydrogens is 973 g/mol. The van der Waals surface area contributed by atoms with Gasteiger partial charge in [0.15, 0.2) is 24.6 Å². The average molecular weight is 1090 g/mol. The fraction of sp³-hybridized carbons (Fsp3) is 0.785. The van der Waals surface area contributed by atoms with E-state index in [9.17, 15) is 34.5 Å². The van der Waals surface area contributed by atoms with Gasteiger partial charge in [0, 0.05) is 19.3 Å². The highest BCUT2D eigenvalue weighted by Gasteiger charge is 2.50. The largest absolute Gasteiger partial charge is 0.479 e. The third-order valence-electron chi connectivity index (χ3n) is 14.1. The number of rotatable bonds is 53. The number of aliphatic hydroxyl groups excluding tert-OH is 2. The number of aliphatic hydroxyl groups is 2. The zero-order valence-corrected chi connectivity index (χ0v) is 49.0. The van der Waals surface area contributed by atoms with Gasteiger partial charge in [0.1, 0.15) is 18.8 Å². The van der Waals surface area contributed by atoms with Gasteiger partial charge >= 0.3 is 23.9 Å². The van der Waals surface area contributed by atoms with Crippen molar-refractivity contribution in [2.75, 3.05) is 13.2 Å². The molecular formula is C65H112O12. The number of hydrogen-bond donors (Lipinski definition) is 3. The molecule has 12 nitrogen and oxygen atoms in total. The molecule has 1 heterocycles. The van der Waals surface area contributed by atoms with Crippen molar-refractivity contribution in [1.29, 1.82) is 0 Å². The Morgan fingerprint density at radius 2 is 0.818 bits per heavy atom. The van der Waals surface area contributed by atoms with Gasteiger partial charge in [-0.3, -0.25) is 14.4 Å². The number of aliphatic carboxylic acids is 1. The molecule has 0 amide bonds. The van der Waals surface area contributed by atoms with Crippen LogP contribution in [0, 0.1) is 0 Å². The van der Waals surface area contributed by atoms with Crippen LogP contribution in [0.4, 0.5) is 0 Å². The first-order valence-electron chi connectivity index (χ1n) is 31.3. The number of esters is 3. The van der Waals surface area contributed by atoms with E-state index in [0.29, 0.717) is 19.3 Å². The van der Waals surface area contributed by atoms with Crippen LogP contribution in [0.15, 0.2) is 60.8 Å². The van der Waals surface area contributed by atoms with Crippen LogP contribution in [0.3, 0.4) is 0 Å². The topological polar surface area (TPSA) is 175 Å². The minimum absolute atomic E-state index is 0.0609. The van der Waals surface area contributed by atoms with Gasteiger partial charge in [-0.15, -0.1) is 0 Å². The maximum Gasteiger partial charge on any atom is 0.335 e. The van der Waals surface area contributed by atoms with Crippen LogP contribution >= 0.6 is 0 Å². The molecule has 0 aromatic rings. The van der Waals surface area contributed by atoms with Crippen molar-refractivity contribution in [2.45, 2.75) is 314 Å². The van der Waals surface area contributed by atoms with Gasteiger partial charge in [-0.2, -0.15) is 0 Å². The molecule has 0 saturated carbocycles. The number of carboxylic acids is 1. The number of carbonyl (C=O) groups excluding carboxylic acids is 3. The molecule has 1 rings (SSSR count). The molecule has 1 aliphatic heterocycles. The molecule has 444 valence electrons. The van der Waals surface area contributed by atoms with Crippen molar-refractivity contribution in [3.8, 4) is 0 Å². The molecule has 0 aliphatic carbocycles. The molecule has 0 spiro atoms. The minimum Gasteiger partial charge on any atom is -0.479 e. The fourth-order valence-electron chi connectivity index (χ4n) is 9.30. The van der Waals surface area contributed by atoms with E-state index in [4.69, 9.17) is 23.7 Å². The summed E-state index contributed by atoms with van der Waals surface area (Å²) >= 11 is 0. The summed E-state index contributed by atoms with van der Waals surface area (Å²) in [5.74, 6) is -3.13. The number of allylic oxidation sites excluding steroid dienone is 10. The van der Waals surface area contributed by atoms with Crippen LogP contribution in [0.1, 0.15) is 278 Å². The lowest BCUT2D eigenvalue weighted by molar-refractivity contribution is -0.301. The van der Waals surface area contributed by atoms with Crippen LogP contribution in [0.25, 0.3) is 0 Å². The van der Waals surface area contributed by atoms with Crippen molar-refractivity contribution < 1.29 is 58.2 Å². The van der Waals surface area contributed by atoms with E-state index in [1.165, 1.54) is 89.9 Å². The molecule has 0 aromatic heterocycles. The first-order chi connectivity index (χ1) is 37.6. The molecule has 1 fully saturated rings. The third kappa shape index (κ3) is 43.0. The summed E-state index contributed by atoms with van der Waals surface area (Å²) in [7, 11) is 0. The minimum atomic E-state index is -1.90. The van der Waals surface area contributed by atoms with Crippen molar-refractivity contribution in [2.24, 2.45) is 0 Å². The van der Waals surface area contributed by atoms with Gasteiger partial charge in [0.05, 0.1) is 6.61 Å². The molecule has 3 N–H and O–H groups in total. The van der Waals surface area contributed by atoms with Gasteiger partial charge in [-0.05, 0) is 83.5 Å². The SMILES string of the molecule is CC/C=C\C/C=C\C/C=C\C/C=C\CCCCCCCCC(=O)OCC(COC1OC(C(=O)O)C(O)C(O)C1OC(=O)CCCCCCCCCCCCCCC)OC(=O)CCCCCCC/C=C\CCCCCCCC. The number of ether oxygens (including phenoxy) is 5.